The lowest BCUT2D eigenvalue weighted by atomic mass is 10.2. The normalized spacial score (nSPS) is 10.3. The highest BCUT2D eigenvalue weighted by Gasteiger charge is 2.12. The van der Waals surface area contributed by atoms with E-state index in [0.29, 0.717) is 16.3 Å². The summed E-state index contributed by atoms with van der Waals surface area (Å²) in [5.41, 5.74) is 1.79. The van der Waals surface area contributed by atoms with E-state index in [-0.39, 0.29) is 5.91 Å². The number of carbonyl (C=O) groups excluding carboxylic acids is 1. The van der Waals surface area contributed by atoms with Gasteiger partial charge in [-0.25, -0.2) is 0 Å². The maximum atomic E-state index is 11.9. The first-order chi connectivity index (χ1) is 8.08. The number of rotatable bonds is 2. The number of nitrogens with zero attached hydrogens (tertiary/aromatic N) is 1. The summed E-state index contributed by atoms with van der Waals surface area (Å²) in [5, 5.41) is 9.71. The van der Waals surface area contributed by atoms with Crippen LogP contribution in [-0.2, 0) is 0 Å². The molecule has 0 fully saturated rings. The van der Waals surface area contributed by atoms with Crippen LogP contribution in [0.1, 0.15) is 16.1 Å². The second kappa shape index (κ2) is 4.89. The van der Waals surface area contributed by atoms with Crippen molar-refractivity contribution in [3.8, 4) is 0 Å². The second-order valence-corrected chi connectivity index (χ2v) is 4.81. The lowest BCUT2D eigenvalue weighted by Crippen LogP contribution is -2.12. The van der Waals surface area contributed by atoms with Crippen molar-refractivity contribution in [2.75, 3.05) is 5.32 Å². The molecule has 17 heavy (non-hydrogen) atoms. The van der Waals surface area contributed by atoms with E-state index < -0.39 is 0 Å². The number of nitrogens with one attached hydrogen (secondary N) is 2. The molecule has 2 aromatic rings. The predicted molar refractivity (Wildman–Crippen MR) is 70.4 cm³/mol. The summed E-state index contributed by atoms with van der Waals surface area (Å²) in [7, 11) is 0. The molecule has 0 unspecified atom stereocenters. The summed E-state index contributed by atoms with van der Waals surface area (Å²) in [4.78, 5) is 11.9. The highest BCUT2D eigenvalue weighted by molar-refractivity contribution is 9.10. The number of benzene rings is 1. The number of amides is 1. The minimum atomic E-state index is -0.236. The molecule has 0 aliphatic carbocycles. The molecule has 2 N–H and O–H groups in total. The van der Waals surface area contributed by atoms with Gasteiger partial charge in [0.15, 0.2) is 0 Å². The zero-order chi connectivity index (χ0) is 12.4. The fraction of sp³-hybridized carbons (Fsp3) is 0.0909. The molecular formula is C11H9BrClN3O. The Bertz CT molecular complexity index is 568. The van der Waals surface area contributed by atoms with Crippen LogP contribution in [0.5, 0.6) is 0 Å². The fourth-order valence-electron chi connectivity index (χ4n) is 1.36. The minimum Gasteiger partial charge on any atom is -0.321 e. The first kappa shape index (κ1) is 12.1. The molecule has 0 radical (unpaired) electrons. The number of halogens is 2. The number of anilines is 1. The van der Waals surface area contributed by atoms with E-state index in [4.69, 9.17) is 11.6 Å². The lowest BCUT2D eigenvalue weighted by molar-refractivity contribution is 0.102. The third-order valence-corrected chi connectivity index (χ3v) is 3.06. The van der Waals surface area contributed by atoms with E-state index in [0.717, 1.165) is 10.2 Å². The van der Waals surface area contributed by atoms with E-state index in [1.54, 1.807) is 19.1 Å². The topological polar surface area (TPSA) is 57.8 Å². The van der Waals surface area contributed by atoms with E-state index >= 15 is 0 Å². The zero-order valence-corrected chi connectivity index (χ0v) is 11.3. The van der Waals surface area contributed by atoms with Gasteiger partial charge in [-0.05, 0) is 25.1 Å². The lowest BCUT2D eigenvalue weighted by Gasteiger charge is -2.06. The van der Waals surface area contributed by atoms with Crippen molar-refractivity contribution < 1.29 is 4.79 Å². The first-order valence-electron chi connectivity index (χ1n) is 4.84. The van der Waals surface area contributed by atoms with Gasteiger partial charge in [-0.15, -0.1) is 0 Å². The number of aromatic amines is 1. The molecule has 88 valence electrons. The van der Waals surface area contributed by atoms with Crippen LogP contribution >= 0.6 is 27.5 Å². The highest BCUT2D eigenvalue weighted by Crippen LogP contribution is 2.26. The van der Waals surface area contributed by atoms with Crippen molar-refractivity contribution in [3.05, 3.63) is 45.1 Å². The summed E-state index contributed by atoms with van der Waals surface area (Å²) >= 11 is 9.31. The molecule has 1 amide bonds. The zero-order valence-electron chi connectivity index (χ0n) is 8.92. The molecule has 0 spiro atoms. The number of carbonyl (C=O) groups is 1. The van der Waals surface area contributed by atoms with Gasteiger partial charge in [-0.3, -0.25) is 9.89 Å². The largest absolute Gasteiger partial charge is 0.321 e. The molecule has 0 aliphatic rings. The van der Waals surface area contributed by atoms with Crippen molar-refractivity contribution in [2.24, 2.45) is 0 Å². The fourth-order valence-corrected chi connectivity index (χ4v) is 2.08. The molecule has 0 atom stereocenters. The predicted octanol–water partition coefficient (Wildman–Crippen LogP) is 3.39. The number of hydrogen-bond donors (Lipinski definition) is 2. The van der Waals surface area contributed by atoms with Gasteiger partial charge < -0.3 is 5.32 Å². The molecule has 0 bridgehead atoms. The van der Waals surface area contributed by atoms with Crippen molar-refractivity contribution in [1.82, 2.24) is 10.2 Å². The van der Waals surface area contributed by atoms with Crippen molar-refractivity contribution in [3.63, 3.8) is 0 Å². The third kappa shape index (κ3) is 2.68. The average molecular weight is 315 g/mol. The van der Waals surface area contributed by atoms with Gasteiger partial charge in [-0.2, -0.15) is 5.10 Å². The summed E-state index contributed by atoms with van der Waals surface area (Å²) in [5.74, 6) is -0.236. The molecular weight excluding hydrogens is 305 g/mol. The maximum absolute atomic E-state index is 11.9. The minimum absolute atomic E-state index is 0.236. The van der Waals surface area contributed by atoms with Gasteiger partial charge in [-0.1, -0.05) is 27.5 Å². The molecule has 1 aromatic carbocycles. The van der Waals surface area contributed by atoms with Gasteiger partial charge in [0.05, 0.1) is 22.5 Å². The standard InChI is InChI=1S/C11H9BrClN3O/c1-6-8(5-14-16-6)11(17)15-10-3-2-7(12)4-9(10)13/h2-5H,1H3,(H,14,16)(H,15,17). The van der Waals surface area contributed by atoms with Crippen LogP contribution < -0.4 is 5.32 Å². The smallest absolute Gasteiger partial charge is 0.259 e. The molecule has 6 heteroatoms. The van der Waals surface area contributed by atoms with Crippen LogP contribution in [0.2, 0.25) is 5.02 Å². The number of aryl methyl sites for hydroxylation is 1. The second-order valence-electron chi connectivity index (χ2n) is 3.49. The molecule has 0 aliphatic heterocycles. The number of hydrogen-bond acceptors (Lipinski definition) is 2. The van der Waals surface area contributed by atoms with Gasteiger partial charge in [0.1, 0.15) is 0 Å². The summed E-state index contributed by atoms with van der Waals surface area (Å²) in [6, 6.07) is 5.27. The third-order valence-electron chi connectivity index (χ3n) is 2.25. The van der Waals surface area contributed by atoms with Crippen molar-refractivity contribution >= 4 is 39.1 Å². The van der Waals surface area contributed by atoms with Gasteiger partial charge in [0.25, 0.3) is 5.91 Å². The van der Waals surface area contributed by atoms with Gasteiger partial charge in [0, 0.05) is 10.2 Å². The summed E-state index contributed by atoms with van der Waals surface area (Å²) in [6.07, 6.45) is 1.48. The van der Waals surface area contributed by atoms with Crippen LogP contribution in [0.15, 0.2) is 28.9 Å². The molecule has 0 saturated heterocycles. The van der Waals surface area contributed by atoms with Crippen molar-refractivity contribution in [1.29, 1.82) is 0 Å². The highest BCUT2D eigenvalue weighted by atomic mass is 79.9. The Labute approximate surface area is 111 Å². The number of aromatic nitrogens is 2. The molecule has 1 heterocycles. The Balaban J connectivity index is 2.22. The summed E-state index contributed by atoms with van der Waals surface area (Å²) < 4.78 is 0.861. The molecule has 0 saturated carbocycles. The van der Waals surface area contributed by atoms with Crippen LogP contribution in [0.4, 0.5) is 5.69 Å². The van der Waals surface area contributed by atoms with Crippen LogP contribution in [-0.4, -0.2) is 16.1 Å². The average Bonchev–Trinajstić information content (AvgIpc) is 2.68. The van der Waals surface area contributed by atoms with E-state index in [2.05, 4.69) is 31.4 Å². The Morgan fingerprint density at radius 1 is 1.53 bits per heavy atom. The summed E-state index contributed by atoms with van der Waals surface area (Å²) in [6.45, 7) is 1.78. The molecule has 2 rings (SSSR count). The quantitative estimate of drug-likeness (QED) is 0.892. The molecule has 4 nitrogen and oxygen atoms in total. The van der Waals surface area contributed by atoms with Crippen molar-refractivity contribution in [2.45, 2.75) is 6.92 Å². The first-order valence-corrected chi connectivity index (χ1v) is 6.01. The number of H-pyrrole nitrogens is 1. The van der Waals surface area contributed by atoms with Gasteiger partial charge in [0.2, 0.25) is 0 Å². The van der Waals surface area contributed by atoms with E-state index in [9.17, 15) is 4.79 Å². The molecule has 1 aromatic heterocycles. The Kier molecular flexibility index (Phi) is 3.49. The Hall–Kier alpha value is -1.33. The van der Waals surface area contributed by atoms with E-state index in [1.807, 2.05) is 6.07 Å². The van der Waals surface area contributed by atoms with Crippen LogP contribution in [0.3, 0.4) is 0 Å². The Morgan fingerprint density at radius 3 is 2.88 bits per heavy atom. The van der Waals surface area contributed by atoms with Gasteiger partial charge >= 0.3 is 0 Å². The SMILES string of the molecule is Cc1[nH]ncc1C(=O)Nc1ccc(Br)cc1Cl. The monoisotopic (exact) mass is 313 g/mol. The maximum Gasteiger partial charge on any atom is 0.259 e. The van der Waals surface area contributed by atoms with E-state index in [1.165, 1.54) is 6.20 Å². The van der Waals surface area contributed by atoms with Crippen LogP contribution in [0.25, 0.3) is 0 Å². The van der Waals surface area contributed by atoms with Crippen LogP contribution in [0, 0.1) is 6.92 Å². The Morgan fingerprint density at radius 2 is 2.29 bits per heavy atom.